The summed E-state index contributed by atoms with van der Waals surface area (Å²) >= 11 is 5.81. The van der Waals surface area contributed by atoms with E-state index in [1.165, 1.54) is 0 Å². The van der Waals surface area contributed by atoms with E-state index < -0.39 is 0 Å². The number of ether oxygens (including phenoxy) is 1. The highest BCUT2D eigenvalue weighted by Gasteiger charge is 1.96. The van der Waals surface area contributed by atoms with E-state index in [9.17, 15) is 0 Å². The van der Waals surface area contributed by atoms with Gasteiger partial charge in [-0.3, -0.25) is 0 Å². The lowest BCUT2D eigenvalue weighted by molar-refractivity contribution is 0.317. The zero-order valence-corrected chi connectivity index (χ0v) is 7.19. The molecule has 2 heteroatoms. The maximum atomic E-state index is 5.81. The Balaban J connectivity index is 2.62. The molecule has 1 aromatic rings. The van der Waals surface area contributed by atoms with Gasteiger partial charge in [-0.25, -0.2) is 0 Å². The van der Waals surface area contributed by atoms with Gasteiger partial charge in [-0.15, -0.1) is 0 Å². The van der Waals surface area contributed by atoms with Gasteiger partial charge in [0.1, 0.15) is 5.75 Å². The van der Waals surface area contributed by atoms with E-state index in [1.807, 2.05) is 0 Å². The summed E-state index contributed by atoms with van der Waals surface area (Å²) in [5.41, 5.74) is 0. The molecule has 0 saturated heterocycles. The highest BCUT2D eigenvalue weighted by Crippen LogP contribution is 2.22. The minimum absolute atomic E-state index is 0.650. The lowest BCUT2D eigenvalue weighted by Gasteiger charge is -2.04. The Labute approximate surface area is 71.9 Å². The fourth-order valence-electron chi connectivity index (χ4n) is 0.719. The molecule has 0 amide bonds. The van der Waals surface area contributed by atoms with Crippen LogP contribution < -0.4 is 4.74 Å². The average Bonchev–Trinajstić information content (AvgIpc) is 2.03. The summed E-state index contributed by atoms with van der Waals surface area (Å²) in [4.78, 5) is 0. The third kappa shape index (κ3) is 2.43. The lowest BCUT2D eigenvalue weighted by atomic mass is 10.3. The Morgan fingerprint density at radius 3 is 3.09 bits per heavy atom. The zero-order chi connectivity index (χ0) is 8.10. The van der Waals surface area contributed by atoms with Crippen molar-refractivity contribution in [1.29, 1.82) is 0 Å². The Kier molecular flexibility index (Phi) is 3.24. The van der Waals surface area contributed by atoms with Crippen LogP contribution >= 0.6 is 11.6 Å². The molecule has 0 aliphatic rings. The van der Waals surface area contributed by atoms with Gasteiger partial charge in [0.05, 0.1) is 11.6 Å². The summed E-state index contributed by atoms with van der Waals surface area (Å²) in [6, 6.07) is 8.18. The fraction of sp³-hybridized carbons (Fsp3) is 0.333. The normalized spacial score (nSPS) is 9.64. The van der Waals surface area contributed by atoms with Gasteiger partial charge in [-0.2, -0.15) is 0 Å². The van der Waals surface area contributed by atoms with Crippen LogP contribution in [0.3, 0.4) is 0 Å². The van der Waals surface area contributed by atoms with Gasteiger partial charge in [-0.1, -0.05) is 24.6 Å². The first kappa shape index (κ1) is 8.41. The highest BCUT2D eigenvalue weighted by atomic mass is 35.5. The molecule has 0 saturated carbocycles. The Bertz CT molecular complexity index is 223. The fourth-order valence-corrected chi connectivity index (χ4v) is 0.891. The minimum atomic E-state index is 0.650. The van der Waals surface area contributed by atoms with E-state index in [-0.39, 0.29) is 0 Å². The molecular weight excluding hydrogens is 160 g/mol. The smallest absolute Gasteiger partial charge is 0.138 e. The molecule has 0 bridgehead atoms. The summed E-state index contributed by atoms with van der Waals surface area (Å²) in [5.74, 6) is 0.719. The van der Waals surface area contributed by atoms with Crippen molar-refractivity contribution in [2.75, 3.05) is 6.61 Å². The van der Waals surface area contributed by atoms with E-state index >= 15 is 0 Å². The molecule has 0 unspecified atom stereocenters. The van der Waals surface area contributed by atoms with Gasteiger partial charge in [0.2, 0.25) is 0 Å². The average molecular weight is 170 g/mol. The van der Waals surface area contributed by atoms with Gasteiger partial charge >= 0.3 is 0 Å². The standard InChI is InChI=1S/C9H10ClO/c1-2-7-11-9-6-4-3-5-8(9)10/h3,5-6H,2,7H2,1H3. The van der Waals surface area contributed by atoms with Gasteiger partial charge in [0, 0.05) is 0 Å². The number of benzene rings is 1. The second-order valence-electron chi connectivity index (χ2n) is 2.20. The zero-order valence-electron chi connectivity index (χ0n) is 6.43. The third-order valence-electron chi connectivity index (χ3n) is 1.24. The summed E-state index contributed by atoms with van der Waals surface area (Å²) in [7, 11) is 0. The van der Waals surface area contributed by atoms with Crippen LogP contribution in [0.15, 0.2) is 18.2 Å². The third-order valence-corrected chi connectivity index (χ3v) is 1.55. The first-order valence-corrected chi connectivity index (χ1v) is 4.00. The van der Waals surface area contributed by atoms with Crippen molar-refractivity contribution in [3.63, 3.8) is 0 Å². The van der Waals surface area contributed by atoms with Crippen LogP contribution in [-0.2, 0) is 0 Å². The first-order valence-electron chi connectivity index (χ1n) is 3.63. The Morgan fingerprint density at radius 2 is 2.45 bits per heavy atom. The van der Waals surface area contributed by atoms with Crippen molar-refractivity contribution >= 4 is 11.6 Å². The van der Waals surface area contributed by atoms with E-state index in [0.717, 1.165) is 12.2 Å². The predicted octanol–water partition coefficient (Wildman–Crippen LogP) is 2.93. The predicted molar refractivity (Wildman–Crippen MR) is 46.1 cm³/mol. The number of hydrogen-bond donors (Lipinski definition) is 0. The number of halogens is 1. The highest BCUT2D eigenvalue weighted by molar-refractivity contribution is 6.32. The van der Waals surface area contributed by atoms with E-state index in [4.69, 9.17) is 16.3 Å². The molecule has 1 radical (unpaired) electrons. The molecule has 1 nitrogen and oxygen atoms in total. The summed E-state index contributed by atoms with van der Waals surface area (Å²) < 4.78 is 5.32. The quantitative estimate of drug-likeness (QED) is 0.676. The molecule has 0 fully saturated rings. The van der Waals surface area contributed by atoms with Gasteiger partial charge < -0.3 is 4.74 Å². The van der Waals surface area contributed by atoms with Crippen LogP contribution in [0.25, 0.3) is 0 Å². The molecular formula is C9H10ClO. The second kappa shape index (κ2) is 4.24. The van der Waals surface area contributed by atoms with Crippen LogP contribution in [0.5, 0.6) is 5.75 Å². The molecule has 1 aromatic carbocycles. The largest absolute Gasteiger partial charge is 0.492 e. The van der Waals surface area contributed by atoms with Gasteiger partial charge in [0.25, 0.3) is 0 Å². The molecule has 0 spiro atoms. The maximum absolute atomic E-state index is 5.81. The van der Waals surface area contributed by atoms with Gasteiger partial charge in [-0.05, 0) is 24.6 Å². The van der Waals surface area contributed by atoms with E-state index in [2.05, 4.69) is 13.0 Å². The molecule has 0 atom stereocenters. The summed E-state index contributed by atoms with van der Waals surface area (Å²) in [6.07, 6.45) is 0.991. The Morgan fingerprint density at radius 1 is 1.64 bits per heavy atom. The molecule has 1 rings (SSSR count). The molecule has 0 aromatic heterocycles. The number of rotatable bonds is 3. The van der Waals surface area contributed by atoms with Crippen molar-refractivity contribution in [1.82, 2.24) is 0 Å². The molecule has 0 heterocycles. The lowest BCUT2D eigenvalue weighted by Crippen LogP contribution is -1.94. The molecule has 11 heavy (non-hydrogen) atoms. The first-order chi connectivity index (χ1) is 5.34. The monoisotopic (exact) mass is 169 g/mol. The van der Waals surface area contributed by atoms with Crippen LogP contribution in [0, 0.1) is 6.07 Å². The summed E-state index contributed by atoms with van der Waals surface area (Å²) in [6.45, 7) is 2.76. The van der Waals surface area contributed by atoms with Crippen molar-refractivity contribution < 1.29 is 4.74 Å². The molecule has 0 aliphatic carbocycles. The van der Waals surface area contributed by atoms with E-state index in [1.54, 1.807) is 18.2 Å². The van der Waals surface area contributed by atoms with Crippen LogP contribution in [0.1, 0.15) is 13.3 Å². The number of hydrogen-bond acceptors (Lipinski definition) is 1. The minimum Gasteiger partial charge on any atom is -0.492 e. The molecule has 0 N–H and O–H groups in total. The van der Waals surface area contributed by atoms with Crippen LogP contribution in [0.2, 0.25) is 5.02 Å². The second-order valence-corrected chi connectivity index (χ2v) is 2.61. The maximum Gasteiger partial charge on any atom is 0.138 e. The van der Waals surface area contributed by atoms with Crippen molar-refractivity contribution in [2.45, 2.75) is 13.3 Å². The van der Waals surface area contributed by atoms with Crippen LogP contribution in [-0.4, -0.2) is 6.61 Å². The molecule has 0 aliphatic heterocycles. The summed E-state index contributed by atoms with van der Waals surface area (Å²) in [5, 5.41) is 0.650. The van der Waals surface area contributed by atoms with Gasteiger partial charge in [0.15, 0.2) is 0 Å². The van der Waals surface area contributed by atoms with Crippen molar-refractivity contribution in [3.05, 3.63) is 29.3 Å². The van der Waals surface area contributed by atoms with Crippen molar-refractivity contribution in [2.24, 2.45) is 0 Å². The molecule has 59 valence electrons. The van der Waals surface area contributed by atoms with E-state index in [0.29, 0.717) is 11.6 Å². The topological polar surface area (TPSA) is 9.23 Å². The Hall–Kier alpha value is -0.690. The van der Waals surface area contributed by atoms with Crippen molar-refractivity contribution in [3.8, 4) is 5.75 Å². The van der Waals surface area contributed by atoms with Crippen LogP contribution in [0.4, 0.5) is 0 Å². The SMILES string of the molecule is CCCOc1c[c]ccc1Cl.